The number of esters is 3. The zero-order valence-electron chi connectivity index (χ0n) is 37.3. The highest BCUT2D eigenvalue weighted by atomic mass is 16.6. The maximum Gasteiger partial charge on any atom is 0.306 e. The molecule has 0 aliphatic rings. The van der Waals surface area contributed by atoms with Crippen molar-refractivity contribution in [3.05, 3.63) is 60.8 Å². The fourth-order valence-corrected chi connectivity index (χ4v) is 6.43. The van der Waals surface area contributed by atoms with Crippen molar-refractivity contribution in [2.45, 2.75) is 232 Å². The summed E-state index contributed by atoms with van der Waals surface area (Å²) in [6.07, 6.45) is 54.9. The third kappa shape index (κ3) is 44.1. The van der Waals surface area contributed by atoms with Gasteiger partial charge in [-0.25, -0.2) is 0 Å². The first-order valence-electron chi connectivity index (χ1n) is 23.8. The Kier molecular flexibility index (Phi) is 43.5. The summed E-state index contributed by atoms with van der Waals surface area (Å²) in [4.78, 5) is 37.8. The van der Waals surface area contributed by atoms with Gasteiger partial charge in [0.25, 0.3) is 0 Å². The van der Waals surface area contributed by atoms with Crippen LogP contribution in [0.25, 0.3) is 0 Å². The quantitative estimate of drug-likeness (QED) is 0.0265. The van der Waals surface area contributed by atoms with Crippen LogP contribution in [0.15, 0.2) is 60.8 Å². The summed E-state index contributed by atoms with van der Waals surface area (Å²) in [5.41, 5.74) is 0. The summed E-state index contributed by atoms with van der Waals surface area (Å²) in [6.45, 7) is 6.44. The van der Waals surface area contributed by atoms with Crippen molar-refractivity contribution in [2.24, 2.45) is 0 Å². The molecule has 0 spiro atoms. The molecule has 0 aromatic rings. The smallest absolute Gasteiger partial charge is 0.306 e. The Morgan fingerprint density at radius 3 is 1.16 bits per heavy atom. The van der Waals surface area contributed by atoms with Crippen molar-refractivity contribution >= 4 is 17.9 Å². The van der Waals surface area contributed by atoms with Gasteiger partial charge in [-0.2, -0.15) is 0 Å². The lowest BCUT2D eigenvalue weighted by Crippen LogP contribution is -2.30. The average Bonchev–Trinajstić information content (AvgIpc) is 3.21. The van der Waals surface area contributed by atoms with Gasteiger partial charge < -0.3 is 14.2 Å². The van der Waals surface area contributed by atoms with Crippen molar-refractivity contribution in [3.8, 4) is 0 Å². The molecule has 328 valence electrons. The van der Waals surface area contributed by atoms with Crippen molar-refractivity contribution in [3.63, 3.8) is 0 Å². The van der Waals surface area contributed by atoms with Crippen LogP contribution in [0, 0.1) is 0 Å². The summed E-state index contributed by atoms with van der Waals surface area (Å²) in [5, 5.41) is 0. The lowest BCUT2D eigenvalue weighted by atomic mass is 10.0. The van der Waals surface area contributed by atoms with Gasteiger partial charge in [-0.05, 0) is 83.5 Å². The number of rotatable bonds is 42. The van der Waals surface area contributed by atoms with E-state index in [1.165, 1.54) is 89.9 Å². The second-order valence-corrected chi connectivity index (χ2v) is 15.6. The molecule has 0 aliphatic heterocycles. The van der Waals surface area contributed by atoms with E-state index in [2.05, 4.69) is 81.5 Å². The molecule has 6 nitrogen and oxygen atoms in total. The molecule has 0 unspecified atom stereocenters. The van der Waals surface area contributed by atoms with Gasteiger partial charge in [0.2, 0.25) is 0 Å². The Bertz CT molecular complexity index is 1050. The summed E-state index contributed by atoms with van der Waals surface area (Å²) in [7, 11) is 0. The van der Waals surface area contributed by atoms with E-state index in [1.54, 1.807) is 0 Å². The van der Waals surface area contributed by atoms with Crippen LogP contribution in [0.4, 0.5) is 0 Å². The number of hydrogen-bond donors (Lipinski definition) is 0. The minimum Gasteiger partial charge on any atom is -0.462 e. The molecule has 0 aromatic heterocycles. The van der Waals surface area contributed by atoms with Crippen LogP contribution in [-0.2, 0) is 28.6 Å². The Labute approximate surface area is 351 Å². The molecular weight excluding hydrogens is 709 g/mol. The summed E-state index contributed by atoms with van der Waals surface area (Å²) in [6, 6.07) is 0. The second kappa shape index (κ2) is 45.8. The lowest BCUT2D eigenvalue weighted by molar-refractivity contribution is -0.167. The zero-order valence-corrected chi connectivity index (χ0v) is 37.3. The van der Waals surface area contributed by atoms with Gasteiger partial charge >= 0.3 is 17.9 Å². The Balaban J connectivity index is 4.45. The van der Waals surface area contributed by atoms with E-state index in [0.29, 0.717) is 19.3 Å². The van der Waals surface area contributed by atoms with Crippen LogP contribution >= 0.6 is 0 Å². The highest BCUT2D eigenvalue weighted by Gasteiger charge is 2.19. The molecule has 0 N–H and O–H groups in total. The third-order valence-corrected chi connectivity index (χ3v) is 10.0. The number of carbonyl (C=O) groups is 3. The number of hydrogen-bond acceptors (Lipinski definition) is 6. The normalized spacial score (nSPS) is 12.5. The molecule has 0 bridgehead atoms. The molecule has 0 saturated heterocycles. The number of carbonyl (C=O) groups excluding carboxylic acids is 3. The summed E-state index contributed by atoms with van der Waals surface area (Å²) >= 11 is 0. The first-order valence-corrected chi connectivity index (χ1v) is 23.8. The predicted molar refractivity (Wildman–Crippen MR) is 242 cm³/mol. The second-order valence-electron chi connectivity index (χ2n) is 15.6. The largest absolute Gasteiger partial charge is 0.462 e. The average molecular weight is 797 g/mol. The maximum atomic E-state index is 12.7. The molecule has 57 heavy (non-hydrogen) atoms. The van der Waals surface area contributed by atoms with Crippen LogP contribution in [0.1, 0.15) is 226 Å². The van der Waals surface area contributed by atoms with Gasteiger partial charge in [0.15, 0.2) is 6.10 Å². The van der Waals surface area contributed by atoms with Gasteiger partial charge in [-0.3, -0.25) is 14.4 Å². The number of allylic oxidation sites excluding steroid dienone is 10. The fourth-order valence-electron chi connectivity index (χ4n) is 6.43. The third-order valence-electron chi connectivity index (χ3n) is 10.0. The van der Waals surface area contributed by atoms with Crippen molar-refractivity contribution in [1.29, 1.82) is 0 Å². The molecule has 1 atom stereocenters. The first kappa shape index (κ1) is 54.1. The van der Waals surface area contributed by atoms with E-state index in [-0.39, 0.29) is 31.1 Å². The van der Waals surface area contributed by atoms with Crippen molar-refractivity contribution in [1.82, 2.24) is 0 Å². The molecular formula is C51H88O6. The van der Waals surface area contributed by atoms with E-state index in [4.69, 9.17) is 14.2 Å². The number of unbranched alkanes of at least 4 members (excludes halogenated alkanes) is 21. The van der Waals surface area contributed by atoms with E-state index in [0.717, 1.165) is 96.3 Å². The minimum atomic E-state index is -0.791. The standard InChI is InChI=1S/C51H88O6/c1-4-7-10-13-16-19-22-25-26-27-30-32-35-38-41-44-50(53)56-47-48(57-51(54)45-42-39-36-33-29-24-21-18-15-12-9-6-3)46-55-49(52)43-40-37-34-31-28-23-20-17-14-11-8-5-2/h7,10,16,18-19,21,25-26,30,32,48H,4-6,8-9,11-15,17,20,22-24,27-29,31,33-47H2,1-3H3/b10-7-,19-16-,21-18-,26-25-,32-30-/t48-/m1/s1. The molecule has 0 radical (unpaired) electrons. The van der Waals surface area contributed by atoms with Crippen LogP contribution in [0.3, 0.4) is 0 Å². The van der Waals surface area contributed by atoms with E-state index in [9.17, 15) is 14.4 Å². The predicted octanol–water partition coefficient (Wildman–Crippen LogP) is 15.3. The van der Waals surface area contributed by atoms with Gasteiger partial charge in [0.1, 0.15) is 13.2 Å². The van der Waals surface area contributed by atoms with Crippen molar-refractivity contribution < 1.29 is 28.6 Å². The molecule has 0 saturated carbocycles. The molecule has 0 aromatic carbocycles. The molecule has 0 aliphatic carbocycles. The van der Waals surface area contributed by atoms with E-state index < -0.39 is 6.10 Å². The first-order chi connectivity index (χ1) is 28.0. The Morgan fingerprint density at radius 2 is 0.684 bits per heavy atom. The van der Waals surface area contributed by atoms with Crippen molar-refractivity contribution in [2.75, 3.05) is 13.2 Å². The number of ether oxygens (including phenoxy) is 3. The summed E-state index contributed by atoms with van der Waals surface area (Å²) in [5.74, 6) is -0.943. The lowest BCUT2D eigenvalue weighted by Gasteiger charge is -2.18. The zero-order chi connectivity index (χ0) is 41.5. The molecule has 0 rings (SSSR count). The van der Waals surface area contributed by atoms with Gasteiger partial charge in [-0.1, -0.05) is 184 Å². The van der Waals surface area contributed by atoms with Gasteiger partial charge in [0.05, 0.1) is 0 Å². The molecule has 0 fully saturated rings. The monoisotopic (exact) mass is 797 g/mol. The summed E-state index contributed by atoms with van der Waals surface area (Å²) < 4.78 is 16.7. The van der Waals surface area contributed by atoms with E-state index in [1.807, 2.05) is 0 Å². The molecule has 0 heterocycles. The van der Waals surface area contributed by atoms with Crippen LogP contribution < -0.4 is 0 Å². The minimum absolute atomic E-state index is 0.0894. The van der Waals surface area contributed by atoms with Crippen LogP contribution in [-0.4, -0.2) is 37.2 Å². The highest BCUT2D eigenvalue weighted by molar-refractivity contribution is 5.71. The Morgan fingerprint density at radius 1 is 0.368 bits per heavy atom. The maximum absolute atomic E-state index is 12.7. The van der Waals surface area contributed by atoms with E-state index >= 15 is 0 Å². The highest BCUT2D eigenvalue weighted by Crippen LogP contribution is 2.14. The van der Waals surface area contributed by atoms with Gasteiger partial charge in [0, 0.05) is 19.3 Å². The fraction of sp³-hybridized carbons (Fsp3) is 0.745. The van der Waals surface area contributed by atoms with Crippen LogP contribution in [0.2, 0.25) is 0 Å². The molecule has 6 heteroatoms. The SMILES string of the molecule is CC/C=C\C/C=C\C/C=C\C/C=C\CCCCC(=O)OC[C@@H](COC(=O)CCCCCCCCCCCCCC)OC(=O)CCCCCCC/C=C\CCCCC. The van der Waals surface area contributed by atoms with Crippen LogP contribution in [0.5, 0.6) is 0 Å². The topological polar surface area (TPSA) is 78.9 Å². The molecule has 0 amide bonds. The Hall–Kier alpha value is -2.89. The van der Waals surface area contributed by atoms with Gasteiger partial charge in [-0.15, -0.1) is 0 Å².